The predicted molar refractivity (Wildman–Crippen MR) is 79.8 cm³/mol. The highest BCUT2D eigenvalue weighted by Gasteiger charge is 2.18. The van der Waals surface area contributed by atoms with E-state index in [2.05, 4.69) is 32.1 Å². The third kappa shape index (κ3) is 3.81. The van der Waals surface area contributed by atoms with Crippen LogP contribution in [0.3, 0.4) is 0 Å². The van der Waals surface area contributed by atoms with Crippen LogP contribution in [0.25, 0.3) is 0 Å². The molecule has 1 atom stereocenters. The number of thioether (sulfide) groups is 1. The SMILES string of the molecule is CC(C)C(N)c1nc(CSc2ccccc2Br)no1. The van der Waals surface area contributed by atoms with Crippen molar-refractivity contribution in [1.82, 2.24) is 10.1 Å². The molecule has 1 aromatic heterocycles. The highest BCUT2D eigenvalue weighted by molar-refractivity contribution is 9.10. The molecule has 19 heavy (non-hydrogen) atoms. The summed E-state index contributed by atoms with van der Waals surface area (Å²) in [7, 11) is 0. The third-order valence-corrected chi connectivity index (χ3v) is 4.70. The highest BCUT2D eigenvalue weighted by atomic mass is 79.9. The van der Waals surface area contributed by atoms with E-state index in [1.54, 1.807) is 11.8 Å². The van der Waals surface area contributed by atoms with E-state index in [0.717, 1.165) is 9.37 Å². The number of aromatic nitrogens is 2. The number of nitrogens with two attached hydrogens (primary N) is 1. The zero-order valence-electron chi connectivity index (χ0n) is 10.8. The smallest absolute Gasteiger partial charge is 0.243 e. The maximum Gasteiger partial charge on any atom is 0.243 e. The molecule has 1 unspecified atom stereocenters. The Morgan fingerprint density at radius 2 is 2.11 bits per heavy atom. The van der Waals surface area contributed by atoms with Gasteiger partial charge in [-0.2, -0.15) is 4.98 Å². The summed E-state index contributed by atoms with van der Waals surface area (Å²) in [6.07, 6.45) is 0. The number of hydrogen-bond acceptors (Lipinski definition) is 5. The van der Waals surface area contributed by atoms with E-state index in [1.165, 1.54) is 0 Å². The maximum absolute atomic E-state index is 5.97. The van der Waals surface area contributed by atoms with Gasteiger partial charge in [-0.15, -0.1) is 11.8 Å². The lowest BCUT2D eigenvalue weighted by molar-refractivity contribution is 0.323. The fourth-order valence-electron chi connectivity index (χ4n) is 1.45. The molecule has 0 bridgehead atoms. The zero-order valence-corrected chi connectivity index (χ0v) is 13.2. The Balaban J connectivity index is 1.99. The lowest BCUT2D eigenvalue weighted by Gasteiger charge is -2.09. The molecule has 0 aliphatic heterocycles. The van der Waals surface area contributed by atoms with E-state index in [4.69, 9.17) is 10.3 Å². The highest BCUT2D eigenvalue weighted by Crippen LogP contribution is 2.29. The first-order chi connectivity index (χ1) is 9.08. The molecule has 0 aliphatic carbocycles. The van der Waals surface area contributed by atoms with Gasteiger partial charge in [-0.1, -0.05) is 31.1 Å². The molecule has 0 saturated carbocycles. The second-order valence-electron chi connectivity index (χ2n) is 4.54. The van der Waals surface area contributed by atoms with E-state index < -0.39 is 0 Å². The predicted octanol–water partition coefficient (Wildman–Crippen LogP) is 3.78. The van der Waals surface area contributed by atoms with Crippen molar-refractivity contribution in [2.45, 2.75) is 30.5 Å². The average molecular weight is 342 g/mol. The Bertz CT molecular complexity index is 544. The summed E-state index contributed by atoms with van der Waals surface area (Å²) < 4.78 is 6.27. The van der Waals surface area contributed by atoms with Gasteiger partial charge in [0.25, 0.3) is 0 Å². The third-order valence-electron chi connectivity index (χ3n) is 2.68. The van der Waals surface area contributed by atoms with Crippen LogP contribution in [0.1, 0.15) is 31.6 Å². The van der Waals surface area contributed by atoms with Gasteiger partial charge in [0.2, 0.25) is 5.89 Å². The number of nitrogens with zero attached hydrogens (tertiary/aromatic N) is 2. The average Bonchev–Trinajstić information content (AvgIpc) is 2.85. The van der Waals surface area contributed by atoms with Gasteiger partial charge < -0.3 is 10.3 Å². The van der Waals surface area contributed by atoms with Crippen LogP contribution in [0.4, 0.5) is 0 Å². The minimum atomic E-state index is -0.199. The van der Waals surface area contributed by atoms with Gasteiger partial charge in [-0.05, 0) is 34.0 Å². The molecule has 4 nitrogen and oxygen atoms in total. The number of benzene rings is 1. The molecule has 0 fully saturated rings. The minimum absolute atomic E-state index is 0.199. The molecule has 0 saturated heterocycles. The summed E-state index contributed by atoms with van der Waals surface area (Å²) in [6.45, 7) is 4.06. The molecule has 0 aliphatic rings. The summed E-state index contributed by atoms with van der Waals surface area (Å²) in [5, 5.41) is 3.96. The quantitative estimate of drug-likeness (QED) is 0.838. The molecular weight excluding hydrogens is 326 g/mol. The van der Waals surface area contributed by atoms with Crippen LogP contribution < -0.4 is 5.73 Å². The van der Waals surface area contributed by atoms with Crippen molar-refractivity contribution in [3.05, 3.63) is 40.5 Å². The summed E-state index contributed by atoms with van der Waals surface area (Å²) in [5.74, 6) is 2.13. The van der Waals surface area contributed by atoms with Gasteiger partial charge >= 0.3 is 0 Å². The Morgan fingerprint density at radius 3 is 2.79 bits per heavy atom. The van der Waals surface area contributed by atoms with Crippen molar-refractivity contribution >= 4 is 27.7 Å². The fourth-order valence-corrected chi connectivity index (χ4v) is 2.86. The van der Waals surface area contributed by atoms with Gasteiger partial charge in [0.15, 0.2) is 5.82 Å². The first-order valence-corrected chi connectivity index (χ1v) is 7.81. The number of halogens is 1. The Morgan fingerprint density at radius 1 is 1.37 bits per heavy atom. The summed E-state index contributed by atoms with van der Waals surface area (Å²) >= 11 is 5.17. The molecule has 1 aromatic carbocycles. The van der Waals surface area contributed by atoms with Crippen LogP contribution in [-0.4, -0.2) is 10.1 Å². The number of rotatable bonds is 5. The first kappa shape index (κ1) is 14.6. The standard InChI is InChI=1S/C13H16BrN3OS/c1-8(2)12(15)13-16-11(17-18-13)7-19-10-6-4-3-5-9(10)14/h3-6,8,12H,7,15H2,1-2H3. The van der Waals surface area contributed by atoms with Gasteiger partial charge in [0, 0.05) is 9.37 Å². The van der Waals surface area contributed by atoms with E-state index in [-0.39, 0.29) is 12.0 Å². The van der Waals surface area contributed by atoms with Crippen molar-refractivity contribution in [3.63, 3.8) is 0 Å². The molecule has 0 radical (unpaired) electrons. The van der Waals surface area contributed by atoms with Crippen molar-refractivity contribution in [1.29, 1.82) is 0 Å². The van der Waals surface area contributed by atoms with Gasteiger partial charge in [-0.25, -0.2) is 0 Å². The molecular formula is C13H16BrN3OS. The Kier molecular flexibility index (Phi) is 5.01. The summed E-state index contributed by atoms with van der Waals surface area (Å²) in [4.78, 5) is 5.49. The minimum Gasteiger partial charge on any atom is -0.338 e. The maximum atomic E-state index is 5.97. The van der Waals surface area contributed by atoms with Crippen molar-refractivity contribution < 1.29 is 4.52 Å². The molecule has 6 heteroatoms. The van der Waals surface area contributed by atoms with Crippen LogP contribution in [0.15, 0.2) is 38.2 Å². The Labute approximate surface area is 125 Å². The normalized spacial score (nSPS) is 12.9. The molecule has 0 spiro atoms. The van der Waals surface area contributed by atoms with E-state index in [0.29, 0.717) is 17.5 Å². The van der Waals surface area contributed by atoms with E-state index in [1.807, 2.05) is 32.0 Å². The Hall–Kier alpha value is -0.850. The molecule has 2 aromatic rings. The van der Waals surface area contributed by atoms with Gasteiger partial charge in [0.05, 0.1) is 11.8 Å². The summed E-state index contributed by atoms with van der Waals surface area (Å²) in [6, 6.07) is 7.86. The van der Waals surface area contributed by atoms with Gasteiger partial charge in [-0.3, -0.25) is 0 Å². The molecule has 2 N–H and O–H groups in total. The lowest BCUT2D eigenvalue weighted by Crippen LogP contribution is -2.17. The summed E-state index contributed by atoms with van der Waals surface area (Å²) in [5.41, 5.74) is 5.97. The van der Waals surface area contributed by atoms with Crippen molar-refractivity contribution in [2.75, 3.05) is 0 Å². The largest absolute Gasteiger partial charge is 0.338 e. The van der Waals surface area contributed by atoms with E-state index >= 15 is 0 Å². The molecule has 2 rings (SSSR count). The number of hydrogen-bond donors (Lipinski definition) is 1. The van der Waals surface area contributed by atoms with Crippen molar-refractivity contribution in [2.24, 2.45) is 11.7 Å². The monoisotopic (exact) mass is 341 g/mol. The fraction of sp³-hybridized carbons (Fsp3) is 0.385. The second kappa shape index (κ2) is 6.54. The van der Waals surface area contributed by atoms with Crippen LogP contribution in [0, 0.1) is 5.92 Å². The van der Waals surface area contributed by atoms with E-state index in [9.17, 15) is 0 Å². The molecule has 102 valence electrons. The molecule has 1 heterocycles. The van der Waals surface area contributed by atoms with Crippen LogP contribution in [0.2, 0.25) is 0 Å². The topological polar surface area (TPSA) is 64.9 Å². The van der Waals surface area contributed by atoms with Crippen LogP contribution in [-0.2, 0) is 5.75 Å². The van der Waals surface area contributed by atoms with Crippen LogP contribution in [0.5, 0.6) is 0 Å². The zero-order chi connectivity index (χ0) is 13.8. The van der Waals surface area contributed by atoms with Crippen LogP contribution >= 0.6 is 27.7 Å². The van der Waals surface area contributed by atoms with Gasteiger partial charge in [0.1, 0.15) is 0 Å². The molecule has 0 amide bonds. The first-order valence-electron chi connectivity index (χ1n) is 6.03. The van der Waals surface area contributed by atoms with Crippen molar-refractivity contribution in [3.8, 4) is 0 Å². The second-order valence-corrected chi connectivity index (χ2v) is 6.41. The lowest BCUT2D eigenvalue weighted by atomic mass is 10.1.